The lowest BCUT2D eigenvalue weighted by Gasteiger charge is -2.38. The largest absolute Gasteiger partial charge is 0.481 e. The summed E-state index contributed by atoms with van der Waals surface area (Å²) in [4.78, 5) is 10.5. The Bertz CT molecular complexity index is 257. The third kappa shape index (κ3) is 1.91. The van der Waals surface area contributed by atoms with E-state index in [1.807, 2.05) is 0 Å². The predicted molar refractivity (Wildman–Crippen MR) is 59.6 cm³/mol. The summed E-state index contributed by atoms with van der Waals surface area (Å²) in [5, 5.41) is 8.65. The fourth-order valence-electron chi connectivity index (χ4n) is 4.05. The first-order valence-corrected chi connectivity index (χ1v) is 6.23. The molecule has 0 aromatic carbocycles. The molecule has 0 radical (unpaired) electrons. The van der Waals surface area contributed by atoms with Gasteiger partial charge in [-0.15, -0.1) is 0 Å². The maximum absolute atomic E-state index is 10.5. The number of hydrogen-bond donors (Lipinski definition) is 1. The Hall–Kier alpha value is -0.530. The molecule has 86 valence electrons. The van der Waals surface area contributed by atoms with Crippen molar-refractivity contribution in [2.24, 2.45) is 23.2 Å². The van der Waals surface area contributed by atoms with E-state index in [4.69, 9.17) is 5.11 Å². The molecule has 0 aliphatic heterocycles. The molecular weight excluding hydrogens is 188 g/mol. The van der Waals surface area contributed by atoms with Crippen molar-refractivity contribution in [1.29, 1.82) is 0 Å². The summed E-state index contributed by atoms with van der Waals surface area (Å²) in [7, 11) is 0. The molecule has 2 heteroatoms. The van der Waals surface area contributed by atoms with E-state index in [-0.39, 0.29) is 0 Å². The number of carboxylic acids is 1. The molecule has 2 bridgehead atoms. The van der Waals surface area contributed by atoms with E-state index in [9.17, 15) is 4.79 Å². The Labute approximate surface area is 92.1 Å². The van der Waals surface area contributed by atoms with Crippen molar-refractivity contribution >= 4 is 5.97 Å². The summed E-state index contributed by atoms with van der Waals surface area (Å²) in [5.41, 5.74) is 0.474. The molecule has 2 saturated carbocycles. The summed E-state index contributed by atoms with van der Waals surface area (Å²) >= 11 is 0. The van der Waals surface area contributed by atoms with Crippen LogP contribution in [0.3, 0.4) is 0 Å². The Kier molecular flexibility index (Phi) is 2.78. The molecule has 2 rings (SSSR count). The van der Waals surface area contributed by atoms with E-state index in [0.29, 0.717) is 11.8 Å². The lowest BCUT2D eigenvalue weighted by Crippen LogP contribution is -2.30. The van der Waals surface area contributed by atoms with Gasteiger partial charge < -0.3 is 5.11 Å². The van der Waals surface area contributed by atoms with Crippen molar-refractivity contribution in [2.45, 2.75) is 52.4 Å². The normalized spacial score (nSPS) is 37.1. The van der Waals surface area contributed by atoms with Gasteiger partial charge in [0.2, 0.25) is 0 Å². The molecule has 1 N–H and O–H groups in total. The molecular formula is C13H22O2. The van der Waals surface area contributed by atoms with E-state index in [2.05, 4.69) is 13.8 Å². The van der Waals surface area contributed by atoms with Crippen LogP contribution in [-0.2, 0) is 4.79 Å². The van der Waals surface area contributed by atoms with Gasteiger partial charge in [-0.2, -0.15) is 0 Å². The number of aliphatic carboxylic acids is 1. The lowest BCUT2D eigenvalue weighted by molar-refractivity contribution is -0.137. The predicted octanol–water partition coefficient (Wildman–Crippen LogP) is 3.31. The zero-order valence-corrected chi connectivity index (χ0v) is 9.83. The van der Waals surface area contributed by atoms with E-state index >= 15 is 0 Å². The van der Waals surface area contributed by atoms with Crippen molar-refractivity contribution in [3.63, 3.8) is 0 Å². The molecule has 0 heterocycles. The molecule has 0 spiro atoms. The maximum atomic E-state index is 10.5. The average molecular weight is 210 g/mol. The molecule has 2 aliphatic carbocycles. The average Bonchev–Trinajstić information content (AvgIpc) is 2.66. The fraction of sp³-hybridized carbons (Fsp3) is 0.923. The Morgan fingerprint density at radius 3 is 2.67 bits per heavy atom. The van der Waals surface area contributed by atoms with Gasteiger partial charge in [-0.3, -0.25) is 4.79 Å². The molecule has 0 amide bonds. The first-order chi connectivity index (χ1) is 7.01. The van der Waals surface area contributed by atoms with E-state index in [0.717, 1.165) is 30.6 Å². The minimum Gasteiger partial charge on any atom is -0.481 e. The lowest BCUT2D eigenvalue weighted by atomic mass is 9.67. The van der Waals surface area contributed by atoms with Crippen LogP contribution in [0.25, 0.3) is 0 Å². The van der Waals surface area contributed by atoms with Crippen LogP contribution in [0, 0.1) is 23.2 Å². The highest BCUT2D eigenvalue weighted by molar-refractivity contribution is 5.66. The topological polar surface area (TPSA) is 37.3 Å². The van der Waals surface area contributed by atoms with Crippen molar-refractivity contribution in [3.05, 3.63) is 0 Å². The van der Waals surface area contributed by atoms with Crippen LogP contribution in [0.5, 0.6) is 0 Å². The SMILES string of the molecule is CC1(C)C2CCC(C2)C1CCCC(=O)O. The molecule has 15 heavy (non-hydrogen) atoms. The molecule has 0 saturated heterocycles. The second-order valence-electron chi connectivity index (χ2n) is 5.98. The molecule has 0 aromatic heterocycles. The van der Waals surface area contributed by atoms with Crippen molar-refractivity contribution in [3.8, 4) is 0 Å². The second kappa shape index (κ2) is 3.80. The van der Waals surface area contributed by atoms with E-state index in [1.54, 1.807) is 0 Å². The van der Waals surface area contributed by atoms with Gasteiger partial charge in [0.05, 0.1) is 0 Å². The molecule has 3 unspecified atom stereocenters. The van der Waals surface area contributed by atoms with Gasteiger partial charge >= 0.3 is 5.97 Å². The van der Waals surface area contributed by atoms with Crippen molar-refractivity contribution < 1.29 is 9.90 Å². The van der Waals surface area contributed by atoms with Gasteiger partial charge in [0.15, 0.2) is 0 Å². The van der Waals surface area contributed by atoms with Gasteiger partial charge in [-0.05, 0) is 55.3 Å². The zero-order chi connectivity index (χ0) is 11.1. The van der Waals surface area contributed by atoms with Gasteiger partial charge in [0.25, 0.3) is 0 Å². The minimum atomic E-state index is -0.643. The van der Waals surface area contributed by atoms with Gasteiger partial charge in [-0.1, -0.05) is 13.8 Å². The number of fused-ring (bicyclic) bond motifs is 2. The maximum Gasteiger partial charge on any atom is 0.303 e. The summed E-state index contributed by atoms with van der Waals surface area (Å²) in [6.45, 7) is 4.78. The fourth-order valence-corrected chi connectivity index (χ4v) is 4.05. The van der Waals surface area contributed by atoms with Crippen LogP contribution in [-0.4, -0.2) is 11.1 Å². The van der Waals surface area contributed by atoms with E-state index < -0.39 is 5.97 Å². The number of rotatable bonds is 4. The molecule has 2 aliphatic rings. The molecule has 0 aromatic rings. The zero-order valence-electron chi connectivity index (χ0n) is 9.83. The summed E-state index contributed by atoms with van der Waals surface area (Å²) in [6, 6.07) is 0. The summed E-state index contributed by atoms with van der Waals surface area (Å²) < 4.78 is 0. The van der Waals surface area contributed by atoms with Crippen LogP contribution in [0.1, 0.15) is 52.4 Å². The number of hydrogen-bond acceptors (Lipinski definition) is 1. The van der Waals surface area contributed by atoms with Crippen LogP contribution >= 0.6 is 0 Å². The third-order valence-corrected chi connectivity index (χ3v) is 4.96. The quantitative estimate of drug-likeness (QED) is 0.773. The van der Waals surface area contributed by atoms with E-state index in [1.165, 1.54) is 19.3 Å². The Balaban J connectivity index is 1.89. The molecule has 2 fully saturated rings. The van der Waals surface area contributed by atoms with Crippen LogP contribution in [0.2, 0.25) is 0 Å². The monoisotopic (exact) mass is 210 g/mol. The van der Waals surface area contributed by atoms with Gasteiger partial charge in [0.1, 0.15) is 0 Å². The first-order valence-electron chi connectivity index (χ1n) is 6.23. The summed E-state index contributed by atoms with van der Waals surface area (Å²) in [6.07, 6.45) is 6.56. The first kappa shape index (κ1) is 11.0. The molecule has 2 nitrogen and oxygen atoms in total. The summed E-state index contributed by atoms with van der Waals surface area (Å²) in [5.74, 6) is 1.96. The third-order valence-electron chi connectivity index (χ3n) is 4.96. The highest BCUT2D eigenvalue weighted by atomic mass is 16.4. The highest BCUT2D eigenvalue weighted by Crippen LogP contribution is 2.60. The van der Waals surface area contributed by atoms with Crippen LogP contribution in [0.4, 0.5) is 0 Å². The van der Waals surface area contributed by atoms with Gasteiger partial charge in [0, 0.05) is 6.42 Å². The van der Waals surface area contributed by atoms with Crippen molar-refractivity contribution in [1.82, 2.24) is 0 Å². The number of carboxylic acid groups (broad SMARTS) is 1. The standard InChI is InChI=1S/C13H22O2/c1-13(2)10-7-6-9(8-10)11(13)4-3-5-12(14)15/h9-11H,3-8H2,1-2H3,(H,14,15). The van der Waals surface area contributed by atoms with Crippen LogP contribution < -0.4 is 0 Å². The highest BCUT2D eigenvalue weighted by Gasteiger charge is 2.51. The minimum absolute atomic E-state index is 0.351. The Morgan fingerprint density at radius 2 is 2.13 bits per heavy atom. The van der Waals surface area contributed by atoms with Crippen LogP contribution in [0.15, 0.2) is 0 Å². The second-order valence-corrected chi connectivity index (χ2v) is 5.98. The van der Waals surface area contributed by atoms with Gasteiger partial charge in [-0.25, -0.2) is 0 Å². The Morgan fingerprint density at radius 1 is 1.40 bits per heavy atom. The molecule has 3 atom stereocenters. The van der Waals surface area contributed by atoms with Crippen molar-refractivity contribution in [2.75, 3.05) is 0 Å². The smallest absolute Gasteiger partial charge is 0.303 e. The number of carbonyl (C=O) groups is 1.